The van der Waals surface area contributed by atoms with E-state index in [0.29, 0.717) is 0 Å². The molecule has 0 aliphatic rings. The van der Waals surface area contributed by atoms with Crippen LogP contribution in [-0.2, 0) is 10.0 Å². The van der Waals surface area contributed by atoms with E-state index in [1.54, 1.807) is 20.8 Å². The highest BCUT2D eigenvalue weighted by Crippen LogP contribution is 2.20. The summed E-state index contributed by atoms with van der Waals surface area (Å²) in [6, 6.07) is 8.26. The van der Waals surface area contributed by atoms with E-state index in [1.165, 1.54) is 30.3 Å². The van der Waals surface area contributed by atoms with Crippen LogP contribution in [0.2, 0.25) is 0 Å². The fraction of sp³-hybridized carbons (Fsp3) is 0.235. The molecule has 2 aromatic carbocycles. The number of hydrogen-bond donors (Lipinski definition) is 2. The summed E-state index contributed by atoms with van der Waals surface area (Å²) in [4.78, 5) is 12.1. The lowest BCUT2D eigenvalue weighted by Crippen LogP contribution is -2.40. The molecule has 0 heterocycles. The second kappa shape index (κ2) is 6.89. The number of carbonyl (C=O) groups excluding carboxylic acids is 1. The van der Waals surface area contributed by atoms with Crippen molar-refractivity contribution < 1.29 is 22.0 Å². The van der Waals surface area contributed by atoms with Crippen molar-refractivity contribution in [3.63, 3.8) is 0 Å². The van der Waals surface area contributed by atoms with Gasteiger partial charge in [0.25, 0.3) is 5.91 Å². The number of carbonyl (C=O) groups is 1. The Morgan fingerprint density at radius 2 is 1.48 bits per heavy atom. The first-order valence-corrected chi connectivity index (χ1v) is 8.87. The molecule has 5 nitrogen and oxygen atoms in total. The van der Waals surface area contributed by atoms with Crippen molar-refractivity contribution >= 4 is 21.6 Å². The van der Waals surface area contributed by atoms with E-state index in [4.69, 9.17) is 0 Å². The Morgan fingerprint density at radius 3 is 1.96 bits per heavy atom. The molecule has 0 aliphatic heterocycles. The minimum atomic E-state index is -3.73. The predicted octanol–water partition coefficient (Wildman–Crippen LogP) is 3.29. The molecule has 0 fully saturated rings. The summed E-state index contributed by atoms with van der Waals surface area (Å²) in [7, 11) is -3.73. The molecule has 2 rings (SSSR count). The van der Waals surface area contributed by atoms with Crippen LogP contribution in [0.25, 0.3) is 0 Å². The molecule has 0 atom stereocenters. The highest BCUT2D eigenvalue weighted by atomic mass is 32.2. The van der Waals surface area contributed by atoms with Gasteiger partial charge in [-0.05, 0) is 57.2 Å². The Hall–Kier alpha value is -2.32. The molecule has 2 N–H and O–H groups in total. The number of halogens is 2. The van der Waals surface area contributed by atoms with E-state index in [9.17, 15) is 22.0 Å². The van der Waals surface area contributed by atoms with Crippen molar-refractivity contribution in [2.75, 3.05) is 5.32 Å². The Labute approximate surface area is 145 Å². The third kappa shape index (κ3) is 4.83. The number of benzene rings is 2. The zero-order chi connectivity index (χ0) is 18.8. The zero-order valence-electron chi connectivity index (χ0n) is 13.9. The number of sulfonamides is 1. The van der Waals surface area contributed by atoms with Crippen LogP contribution in [0.3, 0.4) is 0 Å². The third-order valence-corrected chi connectivity index (χ3v) is 4.84. The third-order valence-electron chi connectivity index (χ3n) is 3.07. The van der Waals surface area contributed by atoms with Crippen molar-refractivity contribution in [3.8, 4) is 0 Å². The topological polar surface area (TPSA) is 75.3 Å². The molecule has 0 radical (unpaired) electrons. The van der Waals surface area contributed by atoms with Crippen molar-refractivity contribution in [1.82, 2.24) is 4.72 Å². The molecule has 0 saturated carbocycles. The summed E-state index contributed by atoms with van der Waals surface area (Å²) in [5.41, 5.74) is -1.15. The molecular weight excluding hydrogens is 350 g/mol. The van der Waals surface area contributed by atoms with Crippen LogP contribution in [0.5, 0.6) is 0 Å². The molecule has 0 spiro atoms. The lowest BCUT2D eigenvalue weighted by atomic mass is 10.1. The number of nitrogens with one attached hydrogen (secondary N) is 2. The Morgan fingerprint density at radius 1 is 0.960 bits per heavy atom. The molecule has 0 aliphatic carbocycles. The van der Waals surface area contributed by atoms with Gasteiger partial charge in [-0.3, -0.25) is 4.79 Å². The van der Waals surface area contributed by atoms with E-state index in [1.807, 2.05) is 0 Å². The van der Waals surface area contributed by atoms with Crippen molar-refractivity contribution in [1.29, 1.82) is 0 Å². The Balaban J connectivity index is 2.21. The second-order valence-electron chi connectivity index (χ2n) is 6.43. The van der Waals surface area contributed by atoms with Gasteiger partial charge in [-0.2, -0.15) is 0 Å². The van der Waals surface area contributed by atoms with Gasteiger partial charge in [-0.15, -0.1) is 0 Å². The largest absolute Gasteiger partial charge is 0.317 e. The predicted molar refractivity (Wildman–Crippen MR) is 90.8 cm³/mol. The molecule has 2 aromatic rings. The lowest BCUT2D eigenvalue weighted by Gasteiger charge is -2.20. The van der Waals surface area contributed by atoms with Gasteiger partial charge in [-0.25, -0.2) is 21.9 Å². The van der Waals surface area contributed by atoms with E-state index in [2.05, 4.69) is 10.0 Å². The van der Waals surface area contributed by atoms with Crippen LogP contribution < -0.4 is 10.0 Å². The van der Waals surface area contributed by atoms with Crippen LogP contribution in [0, 0.1) is 11.6 Å². The first-order chi connectivity index (χ1) is 11.5. The molecular formula is C17H18F2N2O3S. The zero-order valence-corrected chi connectivity index (χ0v) is 14.7. The number of anilines is 1. The average molecular weight is 368 g/mol. The van der Waals surface area contributed by atoms with Gasteiger partial charge < -0.3 is 5.32 Å². The fourth-order valence-corrected chi connectivity index (χ4v) is 3.47. The average Bonchev–Trinajstić information content (AvgIpc) is 2.49. The van der Waals surface area contributed by atoms with Crippen LogP contribution in [0.4, 0.5) is 14.5 Å². The SMILES string of the molecule is CC(C)(C)NS(=O)(=O)c1ccc(C(=O)Nc2c(F)cccc2F)cc1. The summed E-state index contributed by atoms with van der Waals surface area (Å²) >= 11 is 0. The fourth-order valence-electron chi connectivity index (χ4n) is 2.05. The maximum atomic E-state index is 13.6. The summed E-state index contributed by atoms with van der Waals surface area (Å²) in [5, 5.41) is 2.14. The number of para-hydroxylation sites is 1. The molecule has 134 valence electrons. The van der Waals surface area contributed by atoms with Gasteiger partial charge in [-0.1, -0.05) is 6.07 Å². The highest BCUT2D eigenvalue weighted by Gasteiger charge is 2.22. The van der Waals surface area contributed by atoms with Gasteiger partial charge in [0.05, 0.1) is 4.90 Å². The molecule has 0 aromatic heterocycles. The van der Waals surface area contributed by atoms with E-state index in [-0.39, 0.29) is 10.5 Å². The Bertz CT molecular complexity index is 869. The number of amides is 1. The van der Waals surface area contributed by atoms with E-state index in [0.717, 1.165) is 12.1 Å². The van der Waals surface area contributed by atoms with E-state index >= 15 is 0 Å². The van der Waals surface area contributed by atoms with Crippen molar-refractivity contribution in [2.45, 2.75) is 31.2 Å². The lowest BCUT2D eigenvalue weighted by molar-refractivity contribution is 0.102. The molecule has 0 bridgehead atoms. The molecule has 0 unspecified atom stereocenters. The monoisotopic (exact) mass is 368 g/mol. The minimum Gasteiger partial charge on any atom is -0.317 e. The second-order valence-corrected chi connectivity index (χ2v) is 8.11. The minimum absolute atomic E-state index is 0.0175. The van der Waals surface area contributed by atoms with E-state index < -0.39 is 38.8 Å². The van der Waals surface area contributed by atoms with Gasteiger partial charge in [0, 0.05) is 11.1 Å². The summed E-state index contributed by atoms with van der Waals surface area (Å²) in [6.45, 7) is 5.11. The van der Waals surface area contributed by atoms with Crippen LogP contribution >= 0.6 is 0 Å². The van der Waals surface area contributed by atoms with Crippen molar-refractivity contribution in [2.24, 2.45) is 0 Å². The summed E-state index contributed by atoms with van der Waals surface area (Å²) < 4.78 is 54.0. The molecule has 0 saturated heterocycles. The van der Waals surface area contributed by atoms with Crippen LogP contribution in [0.15, 0.2) is 47.4 Å². The van der Waals surface area contributed by atoms with Gasteiger partial charge in [0.15, 0.2) is 0 Å². The molecule has 8 heteroatoms. The van der Waals surface area contributed by atoms with Crippen LogP contribution in [0.1, 0.15) is 31.1 Å². The van der Waals surface area contributed by atoms with Crippen LogP contribution in [-0.4, -0.2) is 19.9 Å². The number of rotatable bonds is 4. The first-order valence-electron chi connectivity index (χ1n) is 7.39. The summed E-state index contributed by atoms with van der Waals surface area (Å²) in [5.74, 6) is -2.56. The maximum Gasteiger partial charge on any atom is 0.255 e. The normalized spacial score (nSPS) is 12.0. The highest BCUT2D eigenvalue weighted by molar-refractivity contribution is 7.89. The van der Waals surface area contributed by atoms with Gasteiger partial charge in [0.2, 0.25) is 10.0 Å². The quantitative estimate of drug-likeness (QED) is 0.870. The standard InChI is InChI=1S/C17H18F2N2O3S/c1-17(2,3)21-25(23,24)12-9-7-11(8-10-12)16(22)20-15-13(18)5-4-6-14(15)19/h4-10,21H,1-3H3,(H,20,22). The summed E-state index contributed by atoms with van der Waals surface area (Å²) in [6.07, 6.45) is 0. The number of hydrogen-bond acceptors (Lipinski definition) is 3. The van der Waals surface area contributed by atoms with Crippen molar-refractivity contribution in [3.05, 3.63) is 59.7 Å². The first kappa shape index (κ1) is 19.0. The maximum absolute atomic E-state index is 13.6. The smallest absolute Gasteiger partial charge is 0.255 e. The Kier molecular flexibility index (Phi) is 5.24. The van der Waals surface area contributed by atoms with Gasteiger partial charge in [0.1, 0.15) is 17.3 Å². The molecule has 25 heavy (non-hydrogen) atoms. The van der Waals surface area contributed by atoms with Gasteiger partial charge >= 0.3 is 0 Å². The molecule has 1 amide bonds.